The number of benzene rings is 2. The Morgan fingerprint density at radius 2 is 1.53 bits per heavy atom. The summed E-state index contributed by atoms with van der Waals surface area (Å²) in [7, 11) is -3.48. The van der Waals surface area contributed by atoms with E-state index in [1.165, 1.54) is 0 Å². The van der Waals surface area contributed by atoms with Crippen molar-refractivity contribution in [3.05, 3.63) is 65.7 Å². The molecule has 0 heterocycles. The van der Waals surface area contributed by atoms with Gasteiger partial charge in [-0.3, -0.25) is 9.59 Å². The molecule has 0 bridgehead atoms. The van der Waals surface area contributed by atoms with E-state index >= 15 is 0 Å². The van der Waals surface area contributed by atoms with Crippen LogP contribution in [0.15, 0.2) is 59.5 Å². The van der Waals surface area contributed by atoms with Gasteiger partial charge in [-0.25, -0.2) is 13.1 Å². The highest BCUT2D eigenvalue weighted by molar-refractivity contribution is 7.89. The van der Waals surface area contributed by atoms with Crippen molar-refractivity contribution in [1.29, 1.82) is 0 Å². The van der Waals surface area contributed by atoms with Gasteiger partial charge in [0.25, 0.3) is 0 Å². The fraction of sp³-hybridized carbons (Fsp3) is 0.417. The molecule has 1 atom stereocenters. The van der Waals surface area contributed by atoms with Crippen molar-refractivity contribution in [2.24, 2.45) is 0 Å². The molecular formula is C24H29N3O4S. The van der Waals surface area contributed by atoms with Crippen LogP contribution in [0.1, 0.15) is 43.2 Å². The summed E-state index contributed by atoms with van der Waals surface area (Å²) in [4.78, 5) is 25.4. The molecule has 0 spiro atoms. The Labute approximate surface area is 189 Å². The normalized spacial score (nSPS) is 16.9. The Bertz CT molecular complexity index is 1050. The molecule has 3 N–H and O–H groups in total. The van der Waals surface area contributed by atoms with Crippen LogP contribution < -0.4 is 15.4 Å². The van der Waals surface area contributed by atoms with Gasteiger partial charge in [-0.05, 0) is 55.4 Å². The molecule has 170 valence electrons. The maximum Gasteiger partial charge on any atom is 0.243 e. The van der Waals surface area contributed by atoms with Gasteiger partial charge in [0.2, 0.25) is 21.8 Å². The van der Waals surface area contributed by atoms with E-state index in [1.54, 1.807) is 24.3 Å². The van der Waals surface area contributed by atoms with E-state index in [9.17, 15) is 18.0 Å². The third kappa shape index (κ3) is 6.64. The maximum atomic E-state index is 12.6. The summed E-state index contributed by atoms with van der Waals surface area (Å²) < 4.78 is 27.2. The molecular weight excluding hydrogens is 426 g/mol. The average molecular weight is 456 g/mol. The van der Waals surface area contributed by atoms with Gasteiger partial charge in [0, 0.05) is 24.9 Å². The lowest BCUT2D eigenvalue weighted by atomic mass is 10.0. The Balaban J connectivity index is 1.31. The summed E-state index contributed by atoms with van der Waals surface area (Å²) in [5, 5.41) is 5.85. The fourth-order valence-electron chi connectivity index (χ4n) is 3.44. The minimum Gasteiger partial charge on any atom is -0.352 e. The maximum absolute atomic E-state index is 12.6. The molecule has 2 saturated carbocycles. The Hall–Kier alpha value is -2.71. The smallest absolute Gasteiger partial charge is 0.243 e. The topological polar surface area (TPSA) is 104 Å². The highest BCUT2D eigenvalue weighted by atomic mass is 32.2. The number of hydrogen-bond donors (Lipinski definition) is 3. The summed E-state index contributed by atoms with van der Waals surface area (Å²) >= 11 is 0. The lowest BCUT2D eigenvalue weighted by Crippen LogP contribution is -2.48. The average Bonchev–Trinajstić information content (AvgIpc) is 3.70. The zero-order chi connectivity index (χ0) is 22.6. The first-order chi connectivity index (χ1) is 15.4. The summed E-state index contributed by atoms with van der Waals surface area (Å²) in [5.41, 5.74) is 1.85. The van der Waals surface area contributed by atoms with Crippen molar-refractivity contribution in [2.45, 2.75) is 68.0 Å². The molecule has 2 fully saturated rings. The third-order valence-corrected chi connectivity index (χ3v) is 7.17. The van der Waals surface area contributed by atoms with E-state index < -0.39 is 16.1 Å². The second-order valence-electron chi connectivity index (χ2n) is 8.63. The monoisotopic (exact) mass is 455 g/mol. The van der Waals surface area contributed by atoms with E-state index in [4.69, 9.17) is 0 Å². The van der Waals surface area contributed by atoms with Crippen LogP contribution in [-0.2, 0) is 32.5 Å². The first-order valence-electron chi connectivity index (χ1n) is 11.1. The van der Waals surface area contributed by atoms with Gasteiger partial charge in [0.05, 0.1) is 4.90 Å². The van der Waals surface area contributed by atoms with E-state index in [-0.39, 0.29) is 35.2 Å². The minimum absolute atomic E-state index is 0.0596. The molecule has 2 aromatic carbocycles. The van der Waals surface area contributed by atoms with Crippen molar-refractivity contribution in [2.75, 3.05) is 0 Å². The van der Waals surface area contributed by atoms with Crippen molar-refractivity contribution in [1.82, 2.24) is 15.4 Å². The molecule has 2 amide bonds. The molecule has 7 nitrogen and oxygen atoms in total. The number of nitrogens with one attached hydrogen (secondary N) is 3. The Morgan fingerprint density at radius 1 is 0.875 bits per heavy atom. The highest BCUT2D eigenvalue weighted by Gasteiger charge is 2.29. The van der Waals surface area contributed by atoms with Gasteiger partial charge in [-0.15, -0.1) is 0 Å². The van der Waals surface area contributed by atoms with E-state index in [0.29, 0.717) is 12.8 Å². The van der Waals surface area contributed by atoms with Crippen LogP contribution in [0.2, 0.25) is 0 Å². The number of hydrogen-bond acceptors (Lipinski definition) is 4. The molecule has 0 aromatic heterocycles. The number of amides is 2. The van der Waals surface area contributed by atoms with Crippen LogP contribution in [0.5, 0.6) is 0 Å². The number of carbonyl (C=O) groups excluding carboxylic acids is 2. The van der Waals surface area contributed by atoms with Crippen LogP contribution in [0.3, 0.4) is 0 Å². The van der Waals surface area contributed by atoms with E-state index in [1.807, 2.05) is 30.3 Å². The largest absolute Gasteiger partial charge is 0.352 e. The van der Waals surface area contributed by atoms with Crippen molar-refractivity contribution in [3.8, 4) is 0 Å². The molecule has 8 heteroatoms. The number of sulfonamides is 1. The molecule has 4 rings (SSSR count). The molecule has 0 aliphatic heterocycles. The first-order valence-corrected chi connectivity index (χ1v) is 12.6. The van der Waals surface area contributed by atoms with Gasteiger partial charge in [-0.2, -0.15) is 0 Å². The van der Waals surface area contributed by atoms with Gasteiger partial charge >= 0.3 is 0 Å². The Morgan fingerprint density at radius 3 is 2.16 bits per heavy atom. The zero-order valence-corrected chi connectivity index (χ0v) is 18.7. The van der Waals surface area contributed by atoms with Crippen molar-refractivity contribution >= 4 is 21.8 Å². The number of aryl methyl sites for hydroxylation is 1. The number of carbonyl (C=O) groups is 2. The molecule has 0 saturated heterocycles. The van der Waals surface area contributed by atoms with Gasteiger partial charge in [-0.1, -0.05) is 42.5 Å². The quantitative estimate of drug-likeness (QED) is 0.482. The fourth-order valence-corrected chi connectivity index (χ4v) is 4.74. The van der Waals surface area contributed by atoms with Crippen molar-refractivity contribution < 1.29 is 18.0 Å². The van der Waals surface area contributed by atoms with Crippen LogP contribution in [-0.4, -0.2) is 38.4 Å². The van der Waals surface area contributed by atoms with Gasteiger partial charge in [0.15, 0.2) is 0 Å². The first kappa shape index (κ1) is 22.5. The van der Waals surface area contributed by atoms with E-state index in [0.717, 1.165) is 36.8 Å². The summed E-state index contributed by atoms with van der Waals surface area (Å²) in [6.07, 6.45) is 4.86. The molecule has 32 heavy (non-hydrogen) atoms. The molecule has 0 radical (unpaired) electrons. The summed E-state index contributed by atoms with van der Waals surface area (Å²) in [6.45, 7) is 0. The van der Waals surface area contributed by atoms with Crippen LogP contribution in [0, 0.1) is 0 Å². The lowest BCUT2D eigenvalue weighted by molar-refractivity contribution is -0.129. The van der Waals surface area contributed by atoms with Crippen LogP contribution >= 0.6 is 0 Å². The van der Waals surface area contributed by atoms with Crippen molar-refractivity contribution in [3.63, 3.8) is 0 Å². The highest BCUT2D eigenvalue weighted by Crippen LogP contribution is 2.22. The molecule has 1 unspecified atom stereocenters. The summed E-state index contributed by atoms with van der Waals surface area (Å²) in [6, 6.07) is 15.9. The lowest BCUT2D eigenvalue weighted by Gasteiger charge is -2.19. The predicted molar refractivity (Wildman–Crippen MR) is 121 cm³/mol. The predicted octanol–water partition coefficient (Wildman–Crippen LogP) is 2.07. The third-order valence-electron chi connectivity index (χ3n) is 5.63. The Kier molecular flexibility index (Phi) is 6.91. The second kappa shape index (κ2) is 9.83. The standard InChI is InChI=1S/C24H29N3O4S/c28-23(15-8-17-6-13-21(14-7-17)32(30,31)27-20-11-12-20)26-22(24(29)25-19-9-10-19)16-18-4-2-1-3-5-18/h1-7,13-14,19-20,22,27H,8-12,15-16H2,(H,25,29)(H,26,28). The van der Waals surface area contributed by atoms with Gasteiger partial charge < -0.3 is 10.6 Å². The van der Waals surface area contributed by atoms with E-state index in [2.05, 4.69) is 15.4 Å². The summed E-state index contributed by atoms with van der Waals surface area (Å²) in [5.74, 6) is -0.355. The van der Waals surface area contributed by atoms with Gasteiger partial charge in [0.1, 0.15) is 6.04 Å². The zero-order valence-electron chi connectivity index (χ0n) is 17.9. The molecule has 2 aliphatic rings. The van der Waals surface area contributed by atoms with Crippen LogP contribution in [0.25, 0.3) is 0 Å². The minimum atomic E-state index is -3.48. The molecule has 2 aliphatic carbocycles. The second-order valence-corrected chi connectivity index (χ2v) is 10.3. The molecule has 2 aromatic rings. The van der Waals surface area contributed by atoms with Crippen LogP contribution in [0.4, 0.5) is 0 Å². The SMILES string of the molecule is O=C(CCc1ccc(S(=O)(=O)NC2CC2)cc1)NC(Cc1ccccc1)C(=O)NC1CC1. The number of rotatable bonds is 11.